The lowest BCUT2D eigenvalue weighted by molar-refractivity contribution is 0.613. The summed E-state index contributed by atoms with van der Waals surface area (Å²) in [4.78, 5) is 23.4. The van der Waals surface area contributed by atoms with E-state index >= 15 is 0 Å². The number of nitrogens with one attached hydrogen (secondary N) is 1. The van der Waals surface area contributed by atoms with Crippen LogP contribution in [0.4, 0.5) is 10.2 Å². The molecule has 0 radical (unpaired) electrons. The Labute approximate surface area is 173 Å². The Morgan fingerprint density at radius 3 is 2.80 bits per heavy atom. The Morgan fingerprint density at radius 1 is 1.20 bits per heavy atom. The van der Waals surface area contributed by atoms with Crippen LogP contribution in [0.1, 0.15) is 11.3 Å². The zero-order valence-corrected chi connectivity index (χ0v) is 16.5. The number of anilines is 1. The molecule has 0 amide bonds. The first-order valence-electron chi connectivity index (χ1n) is 9.05. The van der Waals surface area contributed by atoms with Gasteiger partial charge in [-0.25, -0.2) is 9.18 Å². The molecular formula is C20H15ClFN7O. The summed E-state index contributed by atoms with van der Waals surface area (Å²) in [6.07, 6.45) is 0.260. The molecule has 0 spiro atoms. The monoisotopic (exact) mass is 423 g/mol. The Hall–Kier alpha value is -3.72. The lowest BCUT2D eigenvalue weighted by Gasteiger charge is -2.04. The van der Waals surface area contributed by atoms with Crippen LogP contribution in [0, 0.1) is 5.82 Å². The first kappa shape index (κ1) is 18.3. The molecule has 3 N–H and O–H groups in total. The number of H-pyrrole nitrogens is 1. The van der Waals surface area contributed by atoms with E-state index in [-0.39, 0.29) is 29.7 Å². The second-order valence-corrected chi connectivity index (χ2v) is 7.32. The van der Waals surface area contributed by atoms with Crippen molar-refractivity contribution in [2.75, 3.05) is 5.73 Å². The van der Waals surface area contributed by atoms with Crippen molar-refractivity contribution in [1.82, 2.24) is 29.3 Å². The third-order valence-corrected chi connectivity index (χ3v) is 5.22. The Morgan fingerprint density at radius 2 is 2.00 bits per heavy atom. The third kappa shape index (κ3) is 2.82. The van der Waals surface area contributed by atoms with E-state index < -0.39 is 0 Å². The van der Waals surface area contributed by atoms with Crippen LogP contribution in [0.25, 0.3) is 28.0 Å². The summed E-state index contributed by atoms with van der Waals surface area (Å²) in [6.45, 7) is 0. The average Bonchev–Trinajstić information content (AvgIpc) is 3.21. The number of nitrogens with two attached hydrogens (primary N) is 1. The molecule has 150 valence electrons. The van der Waals surface area contributed by atoms with Gasteiger partial charge in [-0.15, -0.1) is 0 Å². The molecule has 0 aliphatic rings. The van der Waals surface area contributed by atoms with Gasteiger partial charge >= 0.3 is 5.69 Å². The number of rotatable bonds is 3. The van der Waals surface area contributed by atoms with Gasteiger partial charge < -0.3 is 5.73 Å². The number of nitrogens with zero attached hydrogens (tertiary/aromatic N) is 5. The Balaban J connectivity index is 1.73. The zero-order valence-electron chi connectivity index (χ0n) is 15.7. The number of nitrogen functional groups attached to an aromatic ring is 1. The molecule has 3 heterocycles. The van der Waals surface area contributed by atoms with Gasteiger partial charge in [-0.3, -0.25) is 9.55 Å². The molecular weight excluding hydrogens is 409 g/mol. The number of imidazole rings is 1. The quantitative estimate of drug-likeness (QED) is 0.464. The van der Waals surface area contributed by atoms with Crippen molar-refractivity contribution in [3.8, 4) is 5.95 Å². The van der Waals surface area contributed by atoms with Gasteiger partial charge in [-0.2, -0.15) is 19.7 Å². The molecule has 3 aromatic heterocycles. The van der Waals surface area contributed by atoms with Crippen LogP contribution >= 0.6 is 11.6 Å². The summed E-state index contributed by atoms with van der Waals surface area (Å²) in [5, 5.41) is 5.90. The normalized spacial score (nSPS) is 11.6. The van der Waals surface area contributed by atoms with E-state index in [1.807, 2.05) is 0 Å². The van der Waals surface area contributed by atoms with Crippen molar-refractivity contribution in [2.45, 2.75) is 6.42 Å². The minimum atomic E-state index is -0.347. The highest BCUT2D eigenvalue weighted by atomic mass is 35.5. The number of aromatic amines is 1. The van der Waals surface area contributed by atoms with Crippen LogP contribution in [0.2, 0.25) is 5.02 Å². The largest absolute Gasteiger partial charge is 0.382 e. The molecule has 0 saturated carbocycles. The van der Waals surface area contributed by atoms with Gasteiger partial charge in [0.1, 0.15) is 11.3 Å². The van der Waals surface area contributed by atoms with E-state index in [0.717, 1.165) is 5.39 Å². The number of hydrogen-bond donors (Lipinski definition) is 2. The number of aryl methyl sites for hydroxylation is 1. The van der Waals surface area contributed by atoms with Crippen molar-refractivity contribution < 1.29 is 4.39 Å². The van der Waals surface area contributed by atoms with Crippen LogP contribution in [-0.4, -0.2) is 29.3 Å². The van der Waals surface area contributed by atoms with Crippen molar-refractivity contribution in [1.29, 1.82) is 0 Å². The second kappa shape index (κ2) is 6.67. The van der Waals surface area contributed by atoms with E-state index in [4.69, 9.17) is 17.3 Å². The van der Waals surface area contributed by atoms with Crippen molar-refractivity contribution in [2.24, 2.45) is 7.05 Å². The summed E-state index contributed by atoms with van der Waals surface area (Å²) >= 11 is 6.20. The van der Waals surface area contributed by atoms with E-state index in [9.17, 15) is 9.18 Å². The molecule has 0 saturated heterocycles. The molecule has 10 heteroatoms. The molecule has 0 aliphatic heterocycles. The first-order valence-corrected chi connectivity index (χ1v) is 9.43. The molecule has 0 bridgehead atoms. The van der Waals surface area contributed by atoms with Gasteiger partial charge in [-0.05, 0) is 29.8 Å². The maximum absolute atomic E-state index is 14.2. The van der Waals surface area contributed by atoms with Gasteiger partial charge in [0.15, 0.2) is 11.5 Å². The van der Waals surface area contributed by atoms with E-state index in [2.05, 4.69) is 20.1 Å². The van der Waals surface area contributed by atoms with E-state index in [1.165, 1.54) is 15.3 Å². The summed E-state index contributed by atoms with van der Waals surface area (Å²) in [5.74, 6) is 0.0177. The molecule has 0 aliphatic carbocycles. The smallest absolute Gasteiger partial charge is 0.327 e. The van der Waals surface area contributed by atoms with Gasteiger partial charge in [0, 0.05) is 23.9 Å². The van der Waals surface area contributed by atoms with E-state index in [1.54, 1.807) is 43.4 Å². The SMILES string of the molecule is Cn1c(=O)[nH]c2nc(-n3nc(Cc4ccccc4F)c4cc(Cl)ccc43)nc(N)c21. The summed E-state index contributed by atoms with van der Waals surface area (Å²) in [5.41, 5.74) is 8.26. The topological polar surface area (TPSA) is 107 Å². The molecule has 8 nitrogen and oxygen atoms in total. The maximum Gasteiger partial charge on any atom is 0.327 e. The number of fused-ring (bicyclic) bond motifs is 2. The number of benzene rings is 2. The molecule has 0 unspecified atom stereocenters. The highest BCUT2D eigenvalue weighted by molar-refractivity contribution is 6.31. The standard InChI is InChI=1S/C20H15ClFN7O/c1-28-16-17(23)24-19(25-18(16)26-20(28)30)29-15-7-6-11(21)9-12(15)14(27-29)8-10-4-2-3-5-13(10)22/h2-7,9H,8H2,1H3,(H3,23,24,25,26,30). The van der Waals surface area contributed by atoms with Gasteiger partial charge in [0.05, 0.1) is 11.2 Å². The zero-order chi connectivity index (χ0) is 21.0. The van der Waals surface area contributed by atoms with Crippen LogP contribution < -0.4 is 11.4 Å². The lowest BCUT2D eigenvalue weighted by Crippen LogP contribution is -2.12. The highest BCUT2D eigenvalue weighted by Gasteiger charge is 2.18. The fourth-order valence-electron chi connectivity index (χ4n) is 3.52. The molecule has 2 aromatic carbocycles. The van der Waals surface area contributed by atoms with Crippen LogP contribution in [0.5, 0.6) is 0 Å². The van der Waals surface area contributed by atoms with Gasteiger partial charge in [-0.1, -0.05) is 29.8 Å². The summed E-state index contributed by atoms with van der Waals surface area (Å²) in [6, 6.07) is 11.8. The summed E-state index contributed by atoms with van der Waals surface area (Å²) in [7, 11) is 1.58. The minimum absolute atomic E-state index is 0.143. The molecule has 0 fully saturated rings. The third-order valence-electron chi connectivity index (χ3n) is 4.99. The maximum atomic E-state index is 14.2. The molecule has 0 atom stereocenters. The average molecular weight is 424 g/mol. The van der Waals surface area contributed by atoms with Crippen molar-refractivity contribution in [3.05, 3.63) is 75.0 Å². The first-order chi connectivity index (χ1) is 14.4. The number of aromatic nitrogens is 6. The minimum Gasteiger partial charge on any atom is -0.382 e. The van der Waals surface area contributed by atoms with Gasteiger partial charge in [0.2, 0.25) is 0 Å². The van der Waals surface area contributed by atoms with E-state index in [0.29, 0.717) is 33.0 Å². The predicted molar refractivity (Wildman–Crippen MR) is 112 cm³/mol. The second-order valence-electron chi connectivity index (χ2n) is 6.88. The number of hydrogen-bond acceptors (Lipinski definition) is 5. The Bertz CT molecular complexity index is 1500. The fourth-order valence-corrected chi connectivity index (χ4v) is 3.69. The van der Waals surface area contributed by atoms with Crippen molar-refractivity contribution >= 4 is 39.5 Å². The molecule has 30 heavy (non-hydrogen) atoms. The Kier molecular flexibility index (Phi) is 4.07. The molecule has 5 rings (SSSR count). The lowest BCUT2D eigenvalue weighted by atomic mass is 10.1. The predicted octanol–water partition coefficient (Wildman–Crippen LogP) is 2.96. The number of halogens is 2. The fraction of sp³-hybridized carbons (Fsp3) is 0.100. The summed E-state index contributed by atoms with van der Waals surface area (Å²) < 4.78 is 17.1. The highest BCUT2D eigenvalue weighted by Crippen LogP contribution is 2.27. The van der Waals surface area contributed by atoms with Crippen LogP contribution in [0.3, 0.4) is 0 Å². The van der Waals surface area contributed by atoms with Crippen LogP contribution in [0.15, 0.2) is 47.3 Å². The van der Waals surface area contributed by atoms with Gasteiger partial charge in [0.25, 0.3) is 5.95 Å². The van der Waals surface area contributed by atoms with Crippen molar-refractivity contribution in [3.63, 3.8) is 0 Å². The van der Waals surface area contributed by atoms with Crippen LogP contribution in [-0.2, 0) is 13.5 Å². The molecule has 5 aromatic rings.